The molecule has 0 saturated carbocycles. The van der Waals surface area contributed by atoms with Crippen LogP contribution < -0.4 is 10.1 Å². The van der Waals surface area contributed by atoms with Crippen LogP contribution in [0.2, 0.25) is 5.02 Å². The fourth-order valence-corrected chi connectivity index (χ4v) is 1.83. The minimum Gasteiger partial charge on any atom is -0.478 e. The molecular weight excluding hydrogens is 294 g/mol. The van der Waals surface area contributed by atoms with Gasteiger partial charge in [0.25, 0.3) is 0 Å². The number of ether oxygens (including phenoxy) is 1. The van der Waals surface area contributed by atoms with Gasteiger partial charge in [-0.25, -0.2) is 14.8 Å². The SMILES string of the molecule is CC(C)Oc1cc(Nc2ccc(Cl)c(C(=O)O)c2)ncn1. The molecule has 0 bridgehead atoms. The molecule has 2 rings (SSSR count). The molecule has 0 unspecified atom stereocenters. The molecule has 110 valence electrons. The highest BCUT2D eigenvalue weighted by atomic mass is 35.5. The van der Waals surface area contributed by atoms with Crippen LogP contribution in [-0.2, 0) is 0 Å². The summed E-state index contributed by atoms with van der Waals surface area (Å²) in [6, 6.07) is 6.25. The van der Waals surface area contributed by atoms with Crippen molar-refractivity contribution in [2.24, 2.45) is 0 Å². The Balaban J connectivity index is 2.22. The third kappa shape index (κ3) is 4.06. The van der Waals surface area contributed by atoms with Crippen LogP contribution in [0, 0.1) is 0 Å². The maximum atomic E-state index is 11.0. The zero-order valence-electron chi connectivity index (χ0n) is 11.5. The monoisotopic (exact) mass is 307 g/mol. The molecule has 0 atom stereocenters. The molecule has 1 aromatic carbocycles. The number of anilines is 2. The first-order valence-electron chi connectivity index (χ1n) is 6.24. The van der Waals surface area contributed by atoms with Crippen LogP contribution in [0.3, 0.4) is 0 Å². The Hall–Kier alpha value is -2.34. The summed E-state index contributed by atoms with van der Waals surface area (Å²) < 4.78 is 5.47. The van der Waals surface area contributed by atoms with Gasteiger partial charge in [-0.1, -0.05) is 11.6 Å². The molecule has 0 saturated heterocycles. The molecule has 7 heteroatoms. The molecule has 0 aliphatic carbocycles. The molecule has 21 heavy (non-hydrogen) atoms. The third-order valence-corrected chi connectivity index (χ3v) is 2.80. The van der Waals surface area contributed by atoms with Crippen LogP contribution in [0.4, 0.5) is 11.5 Å². The lowest BCUT2D eigenvalue weighted by Gasteiger charge is -2.10. The Kier molecular flexibility index (Phi) is 4.59. The van der Waals surface area contributed by atoms with E-state index in [1.165, 1.54) is 18.5 Å². The van der Waals surface area contributed by atoms with Crippen molar-refractivity contribution in [1.29, 1.82) is 0 Å². The maximum absolute atomic E-state index is 11.0. The number of aromatic nitrogens is 2. The smallest absolute Gasteiger partial charge is 0.337 e. The van der Waals surface area contributed by atoms with E-state index < -0.39 is 5.97 Å². The van der Waals surface area contributed by atoms with Gasteiger partial charge in [0, 0.05) is 11.8 Å². The molecule has 0 radical (unpaired) electrons. The molecule has 1 aromatic heterocycles. The van der Waals surface area contributed by atoms with Crippen molar-refractivity contribution in [2.45, 2.75) is 20.0 Å². The van der Waals surface area contributed by atoms with E-state index >= 15 is 0 Å². The number of hydrogen-bond acceptors (Lipinski definition) is 5. The summed E-state index contributed by atoms with van der Waals surface area (Å²) in [5.74, 6) is -0.149. The minimum absolute atomic E-state index is 0.00175. The van der Waals surface area contributed by atoms with Crippen LogP contribution in [0.1, 0.15) is 24.2 Å². The van der Waals surface area contributed by atoms with Gasteiger partial charge >= 0.3 is 5.97 Å². The van der Waals surface area contributed by atoms with Gasteiger partial charge in [0.15, 0.2) is 0 Å². The van der Waals surface area contributed by atoms with Crippen molar-refractivity contribution < 1.29 is 14.6 Å². The lowest BCUT2D eigenvalue weighted by molar-refractivity contribution is 0.0697. The largest absolute Gasteiger partial charge is 0.478 e. The van der Waals surface area contributed by atoms with E-state index in [0.717, 1.165) is 0 Å². The average molecular weight is 308 g/mol. The summed E-state index contributed by atoms with van der Waals surface area (Å²) >= 11 is 5.82. The maximum Gasteiger partial charge on any atom is 0.337 e. The lowest BCUT2D eigenvalue weighted by atomic mass is 10.2. The van der Waals surface area contributed by atoms with Crippen LogP contribution in [0.25, 0.3) is 0 Å². The van der Waals surface area contributed by atoms with Crippen LogP contribution in [0.5, 0.6) is 5.88 Å². The Bertz CT molecular complexity index is 662. The second-order valence-corrected chi connectivity index (χ2v) is 4.94. The predicted molar refractivity (Wildman–Crippen MR) is 79.5 cm³/mol. The number of hydrogen-bond donors (Lipinski definition) is 2. The van der Waals surface area contributed by atoms with Gasteiger partial charge in [-0.2, -0.15) is 0 Å². The van der Waals surface area contributed by atoms with Crippen molar-refractivity contribution in [3.05, 3.63) is 41.2 Å². The average Bonchev–Trinajstić information content (AvgIpc) is 2.40. The number of carboxylic acids is 1. The summed E-state index contributed by atoms with van der Waals surface area (Å²) in [6.07, 6.45) is 1.37. The summed E-state index contributed by atoms with van der Waals surface area (Å²) in [4.78, 5) is 19.1. The number of benzene rings is 1. The molecular formula is C14H14ClN3O3. The van der Waals surface area contributed by atoms with Gasteiger partial charge in [-0.3, -0.25) is 0 Å². The first-order chi connectivity index (χ1) is 9.95. The highest BCUT2D eigenvalue weighted by Crippen LogP contribution is 2.23. The molecule has 6 nitrogen and oxygen atoms in total. The first kappa shape index (κ1) is 15.1. The zero-order chi connectivity index (χ0) is 15.4. The van der Waals surface area contributed by atoms with Gasteiger partial charge in [0.2, 0.25) is 5.88 Å². The van der Waals surface area contributed by atoms with Gasteiger partial charge < -0.3 is 15.2 Å². The van der Waals surface area contributed by atoms with Gasteiger partial charge in [-0.05, 0) is 32.0 Å². The van der Waals surface area contributed by atoms with Crippen molar-refractivity contribution in [3.8, 4) is 5.88 Å². The van der Waals surface area contributed by atoms with Crippen molar-refractivity contribution in [1.82, 2.24) is 9.97 Å². The molecule has 0 amide bonds. The van der Waals surface area contributed by atoms with E-state index in [4.69, 9.17) is 21.4 Å². The van der Waals surface area contributed by atoms with Crippen LogP contribution in [-0.4, -0.2) is 27.1 Å². The minimum atomic E-state index is -1.09. The first-order valence-corrected chi connectivity index (χ1v) is 6.62. The van der Waals surface area contributed by atoms with E-state index in [9.17, 15) is 4.79 Å². The highest BCUT2D eigenvalue weighted by Gasteiger charge is 2.10. The van der Waals surface area contributed by atoms with Gasteiger partial charge in [-0.15, -0.1) is 0 Å². The fraction of sp³-hybridized carbons (Fsp3) is 0.214. The fourth-order valence-electron chi connectivity index (χ4n) is 1.63. The van der Waals surface area contributed by atoms with Gasteiger partial charge in [0.1, 0.15) is 12.1 Å². The van der Waals surface area contributed by atoms with Gasteiger partial charge in [0.05, 0.1) is 16.7 Å². The molecule has 0 fully saturated rings. The Morgan fingerprint density at radius 3 is 2.76 bits per heavy atom. The van der Waals surface area contributed by atoms with E-state index in [0.29, 0.717) is 17.4 Å². The third-order valence-electron chi connectivity index (χ3n) is 2.47. The number of nitrogens with one attached hydrogen (secondary N) is 1. The summed E-state index contributed by atoms with van der Waals surface area (Å²) in [6.45, 7) is 3.79. The molecule has 0 aliphatic heterocycles. The second kappa shape index (κ2) is 6.41. The van der Waals surface area contributed by atoms with Crippen LogP contribution >= 0.6 is 11.6 Å². The lowest BCUT2D eigenvalue weighted by Crippen LogP contribution is -2.07. The highest BCUT2D eigenvalue weighted by molar-refractivity contribution is 6.33. The van der Waals surface area contributed by atoms with Crippen molar-refractivity contribution in [3.63, 3.8) is 0 Å². The molecule has 2 aromatic rings. The Labute approximate surface area is 126 Å². The number of aromatic carboxylic acids is 1. The normalized spacial score (nSPS) is 10.5. The number of carbonyl (C=O) groups is 1. The number of nitrogens with zero attached hydrogens (tertiary/aromatic N) is 2. The number of carboxylic acid groups (broad SMARTS) is 1. The summed E-state index contributed by atoms with van der Waals surface area (Å²) in [5.41, 5.74) is 0.584. The topological polar surface area (TPSA) is 84.3 Å². The standard InChI is InChI=1S/C14H14ClN3O3/c1-8(2)21-13-6-12(16-7-17-13)18-9-3-4-11(15)10(5-9)14(19)20/h3-8H,1-2H3,(H,19,20)(H,16,17,18). The van der Waals surface area contributed by atoms with Crippen molar-refractivity contribution >= 4 is 29.1 Å². The number of rotatable bonds is 5. The van der Waals surface area contributed by atoms with E-state index in [1.807, 2.05) is 13.8 Å². The predicted octanol–water partition coefficient (Wildman–Crippen LogP) is 3.36. The van der Waals surface area contributed by atoms with Crippen LogP contribution in [0.15, 0.2) is 30.6 Å². The number of halogens is 1. The Morgan fingerprint density at radius 1 is 1.33 bits per heavy atom. The van der Waals surface area contributed by atoms with E-state index in [2.05, 4.69) is 15.3 Å². The molecule has 2 N–H and O–H groups in total. The molecule has 0 spiro atoms. The summed E-state index contributed by atoms with van der Waals surface area (Å²) in [7, 11) is 0. The van der Waals surface area contributed by atoms with Crippen molar-refractivity contribution in [2.75, 3.05) is 5.32 Å². The molecule has 1 heterocycles. The summed E-state index contributed by atoms with van der Waals surface area (Å²) in [5, 5.41) is 12.2. The second-order valence-electron chi connectivity index (χ2n) is 4.53. The quantitative estimate of drug-likeness (QED) is 0.881. The zero-order valence-corrected chi connectivity index (χ0v) is 12.3. The Morgan fingerprint density at radius 2 is 2.10 bits per heavy atom. The van der Waals surface area contributed by atoms with E-state index in [-0.39, 0.29) is 16.7 Å². The van der Waals surface area contributed by atoms with E-state index in [1.54, 1.807) is 12.1 Å². The molecule has 0 aliphatic rings.